The van der Waals surface area contributed by atoms with Crippen LogP contribution in [0.2, 0.25) is 0 Å². The zero-order valence-electron chi connectivity index (χ0n) is 17.6. The van der Waals surface area contributed by atoms with Crippen molar-refractivity contribution < 1.29 is 27.4 Å². The number of alkyl halides is 2. The van der Waals surface area contributed by atoms with Gasteiger partial charge in [-0.3, -0.25) is 4.79 Å². The zero-order valence-corrected chi connectivity index (χ0v) is 17.6. The number of halogens is 3. The predicted octanol–water partition coefficient (Wildman–Crippen LogP) is 4.06. The summed E-state index contributed by atoms with van der Waals surface area (Å²) < 4.78 is 54.8. The van der Waals surface area contributed by atoms with Gasteiger partial charge in [0.1, 0.15) is 5.82 Å². The number of amides is 1. The van der Waals surface area contributed by atoms with E-state index in [4.69, 9.17) is 15.2 Å². The van der Waals surface area contributed by atoms with E-state index in [9.17, 15) is 18.0 Å². The van der Waals surface area contributed by atoms with Crippen LogP contribution in [0.25, 0.3) is 0 Å². The van der Waals surface area contributed by atoms with E-state index in [0.717, 1.165) is 38.8 Å². The molecule has 32 heavy (non-hydrogen) atoms. The Morgan fingerprint density at radius 3 is 2.69 bits per heavy atom. The maximum atomic E-state index is 14.9. The molecule has 1 unspecified atom stereocenters. The van der Waals surface area contributed by atoms with Gasteiger partial charge in [0, 0.05) is 23.5 Å². The van der Waals surface area contributed by atoms with E-state index < -0.39 is 40.9 Å². The Kier molecular flexibility index (Phi) is 5.47. The van der Waals surface area contributed by atoms with E-state index in [1.807, 2.05) is 0 Å². The second-order valence-electron chi connectivity index (χ2n) is 8.44. The molecule has 1 aliphatic carbocycles. The number of pyridine rings is 1. The average molecular weight is 448 g/mol. The summed E-state index contributed by atoms with van der Waals surface area (Å²) in [5.41, 5.74) is 3.49. The van der Waals surface area contributed by atoms with Crippen molar-refractivity contribution in [1.82, 2.24) is 4.98 Å². The minimum atomic E-state index is -3.56. The van der Waals surface area contributed by atoms with Crippen LogP contribution in [0.1, 0.15) is 48.7 Å². The van der Waals surface area contributed by atoms with Crippen molar-refractivity contribution in [2.24, 2.45) is 16.6 Å². The molecule has 2 heterocycles. The zero-order chi connectivity index (χ0) is 23.1. The number of nitrogens with two attached hydrogens (primary N) is 1. The summed E-state index contributed by atoms with van der Waals surface area (Å²) in [4.78, 5) is 20.3. The number of hydrogen-bond acceptors (Lipinski definition) is 6. The van der Waals surface area contributed by atoms with Gasteiger partial charge in [0.25, 0.3) is 11.9 Å². The maximum Gasteiger partial charge on any atom is 0.312 e. The number of hydrogen-bond donors (Lipinski definition) is 2. The second kappa shape index (κ2) is 7.99. The molecule has 10 heteroatoms. The molecule has 170 valence electrons. The predicted molar refractivity (Wildman–Crippen MR) is 111 cm³/mol. The molecular formula is C22H23F3N4O3. The Morgan fingerprint density at radius 2 is 2.03 bits per heavy atom. The lowest BCUT2D eigenvalue weighted by Crippen LogP contribution is -2.54. The summed E-state index contributed by atoms with van der Waals surface area (Å²) in [7, 11) is 0. The topological polar surface area (TPSA) is 98.8 Å². The standard InChI is InChI=1S/C22H23F3N4O3/c1-21(2)22(24,25)18(29-20(26)32-21)15-9-14(6-7-16(15)23)28-19(30)13-5-8-17(27-10-13)31-11-12-3-4-12/h5-10,12,18H,3-4,11H2,1-2H3,(H2,26,29)(H,28,30). The van der Waals surface area contributed by atoms with Crippen LogP contribution in [0.4, 0.5) is 18.9 Å². The molecule has 2 aromatic rings. The summed E-state index contributed by atoms with van der Waals surface area (Å²) in [5.74, 6) is -4.01. The number of carbonyl (C=O) groups excluding carboxylic acids is 1. The minimum absolute atomic E-state index is 0.120. The van der Waals surface area contributed by atoms with Gasteiger partial charge in [0.15, 0.2) is 11.6 Å². The highest BCUT2D eigenvalue weighted by Crippen LogP contribution is 2.47. The number of benzene rings is 1. The van der Waals surface area contributed by atoms with Gasteiger partial charge in [-0.25, -0.2) is 14.4 Å². The average Bonchev–Trinajstić information content (AvgIpc) is 3.55. The number of carbonyl (C=O) groups is 1. The number of ether oxygens (including phenoxy) is 2. The summed E-state index contributed by atoms with van der Waals surface area (Å²) in [6.07, 6.45) is 3.65. The van der Waals surface area contributed by atoms with Gasteiger partial charge in [0.05, 0.1) is 12.2 Å². The van der Waals surface area contributed by atoms with E-state index in [0.29, 0.717) is 18.4 Å². The molecule has 1 aromatic carbocycles. The molecule has 1 atom stereocenters. The fraction of sp³-hybridized carbons (Fsp3) is 0.409. The molecule has 4 rings (SSSR count). The number of amidine groups is 1. The van der Waals surface area contributed by atoms with Crippen molar-refractivity contribution in [3.05, 3.63) is 53.5 Å². The monoisotopic (exact) mass is 448 g/mol. The van der Waals surface area contributed by atoms with Crippen LogP contribution in [-0.2, 0) is 4.74 Å². The number of rotatable bonds is 6. The van der Waals surface area contributed by atoms with Crippen molar-refractivity contribution in [3.63, 3.8) is 0 Å². The van der Waals surface area contributed by atoms with Crippen LogP contribution in [0.15, 0.2) is 41.5 Å². The highest BCUT2D eigenvalue weighted by molar-refractivity contribution is 6.04. The van der Waals surface area contributed by atoms with Crippen LogP contribution in [0.5, 0.6) is 5.88 Å². The lowest BCUT2D eigenvalue weighted by molar-refractivity contribution is -0.180. The smallest absolute Gasteiger partial charge is 0.312 e. The SMILES string of the molecule is CC1(C)OC(N)=NC(c2cc(NC(=O)c3ccc(OCC4CC4)nc3)ccc2F)C1(F)F. The van der Waals surface area contributed by atoms with E-state index in [1.54, 1.807) is 6.07 Å². The third-order valence-electron chi connectivity index (χ3n) is 5.47. The third-order valence-corrected chi connectivity index (χ3v) is 5.47. The molecule has 1 fully saturated rings. The Morgan fingerprint density at radius 1 is 1.28 bits per heavy atom. The molecule has 7 nitrogen and oxygen atoms in total. The molecule has 1 aromatic heterocycles. The Hall–Kier alpha value is -3.30. The Bertz CT molecular complexity index is 1050. The first-order valence-corrected chi connectivity index (χ1v) is 10.2. The third kappa shape index (κ3) is 4.35. The second-order valence-corrected chi connectivity index (χ2v) is 8.44. The van der Waals surface area contributed by atoms with Crippen LogP contribution >= 0.6 is 0 Å². The first kappa shape index (κ1) is 21.9. The van der Waals surface area contributed by atoms with E-state index in [-0.39, 0.29) is 11.3 Å². The fourth-order valence-corrected chi connectivity index (χ4v) is 3.28. The van der Waals surface area contributed by atoms with Gasteiger partial charge < -0.3 is 20.5 Å². The van der Waals surface area contributed by atoms with Crippen LogP contribution in [-0.4, -0.2) is 35.0 Å². The first-order valence-electron chi connectivity index (χ1n) is 10.2. The van der Waals surface area contributed by atoms with E-state index in [2.05, 4.69) is 15.3 Å². The van der Waals surface area contributed by atoms with Crippen molar-refractivity contribution >= 4 is 17.6 Å². The summed E-state index contributed by atoms with van der Waals surface area (Å²) in [6.45, 7) is 2.89. The quantitative estimate of drug-likeness (QED) is 0.694. The lowest BCUT2D eigenvalue weighted by atomic mass is 9.88. The Labute approximate surface area is 182 Å². The van der Waals surface area contributed by atoms with Crippen LogP contribution in [0.3, 0.4) is 0 Å². The van der Waals surface area contributed by atoms with Gasteiger partial charge in [-0.05, 0) is 56.9 Å². The van der Waals surface area contributed by atoms with Gasteiger partial charge in [-0.1, -0.05) is 0 Å². The van der Waals surface area contributed by atoms with Gasteiger partial charge in [-0.15, -0.1) is 0 Å². The molecule has 2 aliphatic rings. The molecule has 0 spiro atoms. The van der Waals surface area contributed by atoms with Crippen molar-refractivity contribution in [3.8, 4) is 5.88 Å². The summed E-state index contributed by atoms with van der Waals surface area (Å²) in [5, 5.41) is 2.56. The van der Waals surface area contributed by atoms with Crippen LogP contribution < -0.4 is 15.8 Å². The minimum Gasteiger partial charge on any atom is -0.477 e. The van der Waals surface area contributed by atoms with Crippen molar-refractivity contribution in [1.29, 1.82) is 0 Å². The van der Waals surface area contributed by atoms with Gasteiger partial charge in [-0.2, -0.15) is 8.78 Å². The number of aliphatic imine (C=N–C) groups is 1. The van der Waals surface area contributed by atoms with Crippen LogP contribution in [0, 0.1) is 11.7 Å². The molecule has 3 N–H and O–H groups in total. The van der Waals surface area contributed by atoms with Crippen molar-refractivity contribution in [2.45, 2.75) is 44.3 Å². The van der Waals surface area contributed by atoms with Gasteiger partial charge >= 0.3 is 5.92 Å². The van der Waals surface area contributed by atoms with E-state index >= 15 is 0 Å². The summed E-state index contributed by atoms with van der Waals surface area (Å²) >= 11 is 0. The highest BCUT2D eigenvalue weighted by Gasteiger charge is 2.59. The summed E-state index contributed by atoms with van der Waals surface area (Å²) in [6, 6.07) is 4.12. The van der Waals surface area contributed by atoms with Crippen molar-refractivity contribution in [2.75, 3.05) is 11.9 Å². The molecule has 1 aliphatic heterocycles. The number of nitrogens with one attached hydrogen (secondary N) is 1. The Balaban J connectivity index is 1.52. The number of nitrogens with zero attached hydrogens (tertiary/aromatic N) is 2. The maximum absolute atomic E-state index is 14.9. The highest BCUT2D eigenvalue weighted by atomic mass is 19.3. The lowest BCUT2D eigenvalue weighted by Gasteiger charge is -2.41. The molecular weight excluding hydrogens is 425 g/mol. The number of aromatic nitrogens is 1. The number of anilines is 1. The molecule has 1 amide bonds. The normalized spacial score (nSPS) is 21.3. The molecule has 0 bridgehead atoms. The molecule has 0 saturated heterocycles. The molecule has 1 saturated carbocycles. The largest absolute Gasteiger partial charge is 0.477 e. The van der Waals surface area contributed by atoms with E-state index in [1.165, 1.54) is 18.3 Å². The van der Waals surface area contributed by atoms with Gasteiger partial charge in [0.2, 0.25) is 5.88 Å². The fourth-order valence-electron chi connectivity index (χ4n) is 3.28. The molecule has 0 radical (unpaired) electrons. The first-order chi connectivity index (χ1) is 15.1.